The van der Waals surface area contributed by atoms with Crippen LogP contribution in [0, 0.1) is 47.4 Å². The van der Waals surface area contributed by atoms with Gasteiger partial charge in [0, 0.05) is 44.5 Å². The third kappa shape index (κ3) is 8.37. The van der Waals surface area contributed by atoms with Gasteiger partial charge in [-0.15, -0.1) is 0 Å². The van der Waals surface area contributed by atoms with E-state index in [9.17, 15) is 0 Å². The summed E-state index contributed by atoms with van der Waals surface area (Å²) in [4.78, 5) is 68.6. The van der Waals surface area contributed by atoms with Crippen molar-refractivity contribution in [3.05, 3.63) is 188 Å². The van der Waals surface area contributed by atoms with Crippen molar-refractivity contribution in [2.24, 2.45) is 0 Å². The van der Waals surface area contributed by atoms with Crippen LogP contribution in [0.3, 0.4) is 0 Å². The molecular weight excluding hydrogens is 961 g/mol. The molecule has 76 heavy (non-hydrogen) atoms. The summed E-state index contributed by atoms with van der Waals surface area (Å²) in [7, 11) is 6.34. The zero-order valence-electron chi connectivity index (χ0n) is 42.7. The Morgan fingerprint density at radius 2 is 0.605 bits per heavy atom. The number of carbonyl (C=O) groups is 4. The number of benzene rings is 6. The number of nitrogens with zero attached hydrogens (tertiary/aromatic N) is 4. The average Bonchev–Trinajstić information content (AvgIpc) is 3.79. The molecule has 14 heteroatoms. The number of hydrogen-bond acceptors (Lipinski definition) is 10. The normalized spacial score (nSPS) is 17.2. The number of amides is 4. The molecule has 6 aromatic rings. The first-order chi connectivity index (χ1) is 37.0. The Morgan fingerprint density at radius 1 is 0.382 bits per heavy atom. The van der Waals surface area contributed by atoms with Gasteiger partial charge >= 0.3 is 24.0 Å². The van der Waals surface area contributed by atoms with Crippen molar-refractivity contribution < 1.29 is 47.6 Å². The second kappa shape index (κ2) is 20.6. The van der Waals surface area contributed by atoms with E-state index in [0.717, 1.165) is 0 Å². The fourth-order valence-electron chi connectivity index (χ4n) is 10.3. The summed E-state index contributed by atoms with van der Waals surface area (Å²) in [6.07, 6.45) is 0. The van der Waals surface area contributed by atoms with E-state index >= 15 is 19.2 Å². The standard InChI is InChI=1S/C62H50N4O10/c1-7-75-57(67)61-62(58(68)76-8-2)65-39-55-47(23-11-43-17-33-51(73-5)34-18-43)27-28-48(24-12-44-19-35-52(74-6)36-20-44)56(55)40-66(62)60(70)64(61)38-54-46(22-10-42-15-31-50(72-4)32-16-42)26-25-45(53(54)37-63(61)59(65)69)21-9-41-13-29-49(71-3)30-14-41/h13-20,25-36H,7-8,37-40H2,1-6H3/t61-,62+. The molecule has 0 aliphatic carbocycles. The van der Waals surface area contributed by atoms with Gasteiger partial charge in [-0.3, -0.25) is 19.6 Å². The quantitative estimate of drug-likeness (QED) is 0.109. The van der Waals surface area contributed by atoms with Crippen LogP contribution >= 0.6 is 0 Å². The molecule has 0 aromatic heterocycles. The molecule has 378 valence electrons. The number of ether oxygens (including phenoxy) is 6. The molecule has 6 aromatic carbocycles. The minimum absolute atomic E-state index is 0.149. The number of hydrogen-bond donors (Lipinski definition) is 0. The maximum atomic E-state index is 16.1. The van der Waals surface area contributed by atoms with E-state index in [0.29, 0.717) is 89.8 Å². The van der Waals surface area contributed by atoms with Gasteiger partial charge in [0.2, 0.25) is 0 Å². The van der Waals surface area contributed by atoms with Gasteiger partial charge in [0.25, 0.3) is 11.3 Å². The van der Waals surface area contributed by atoms with Crippen molar-refractivity contribution in [1.29, 1.82) is 0 Å². The summed E-state index contributed by atoms with van der Waals surface area (Å²) in [5.74, 6) is 26.9. The summed E-state index contributed by atoms with van der Waals surface area (Å²) >= 11 is 0. The van der Waals surface area contributed by atoms with Gasteiger partial charge in [0.1, 0.15) is 23.0 Å². The molecule has 2 saturated heterocycles. The van der Waals surface area contributed by atoms with Crippen LogP contribution in [-0.2, 0) is 45.2 Å². The molecule has 4 heterocycles. The predicted molar refractivity (Wildman–Crippen MR) is 280 cm³/mol. The first kappa shape index (κ1) is 49.8. The van der Waals surface area contributed by atoms with Crippen molar-refractivity contribution in [2.45, 2.75) is 51.4 Å². The van der Waals surface area contributed by atoms with Crippen molar-refractivity contribution in [2.75, 3.05) is 41.7 Å². The molecule has 0 spiro atoms. The van der Waals surface area contributed by atoms with Gasteiger partial charge in [-0.25, -0.2) is 19.2 Å². The van der Waals surface area contributed by atoms with Gasteiger partial charge < -0.3 is 28.4 Å². The van der Waals surface area contributed by atoms with Crippen LogP contribution in [-0.4, -0.2) is 96.6 Å². The van der Waals surface area contributed by atoms with Crippen LogP contribution in [0.4, 0.5) is 9.59 Å². The Bertz CT molecular complexity index is 3130. The lowest BCUT2D eigenvalue weighted by atomic mass is 9.90. The number of urea groups is 2. The minimum Gasteiger partial charge on any atom is -0.497 e. The van der Waals surface area contributed by atoms with Gasteiger partial charge in [0.05, 0.1) is 67.8 Å². The van der Waals surface area contributed by atoms with Crippen LogP contribution in [0.15, 0.2) is 121 Å². The molecule has 4 amide bonds. The number of fused-ring (bicyclic) bond motifs is 2. The number of rotatable bonds is 8. The molecule has 4 aliphatic heterocycles. The molecule has 0 radical (unpaired) electrons. The summed E-state index contributed by atoms with van der Waals surface area (Å²) < 4.78 is 33.5. The first-order valence-corrected chi connectivity index (χ1v) is 24.5. The summed E-state index contributed by atoms with van der Waals surface area (Å²) in [5.41, 5.74) is 1.93. The molecule has 2 fully saturated rings. The highest BCUT2D eigenvalue weighted by atomic mass is 16.6. The lowest BCUT2D eigenvalue weighted by Crippen LogP contribution is -2.75. The Morgan fingerprint density at radius 3 is 0.803 bits per heavy atom. The minimum atomic E-state index is -2.46. The zero-order valence-corrected chi connectivity index (χ0v) is 42.7. The molecular formula is C62H50N4O10. The van der Waals surface area contributed by atoms with Crippen molar-refractivity contribution in [1.82, 2.24) is 19.6 Å². The second-order valence-electron chi connectivity index (χ2n) is 17.8. The van der Waals surface area contributed by atoms with E-state index in [2.05, 4.69) is 47.4 Å². The Hall–Kier alpha value is -9.76. The number of methoxy groups -OCH3 is 4. The molecule has 0 unspecified atom stereocenters. The molecule has 0 atom stereocenters. The summed E-state index contributed by atoms with van der Waals surface area (Å²) in [6, 6.07) is 34.8. The van der Waals surface area contributed by atoms with Crippen molar-refractivity contribution >= 4 is 24.0 Å². The van der Waals surface area contributed by atoms with E-state index in [-0.39, 0.29) is 39.4 Å². The van der Waals surface area contributed by atoms with Crippen LogP contribution in [0.25, 0.3) is 0 Å². The topological polar surface area (TPSA) is 137 Å². The first-order valence-electron chi connectivity index (χ1n) is 24.5. The Balaban J connectivity index is 1.20. The SMILES string of the molecule is CCOC(=O)[C@]12N3Cc4c(C#Cc5ccc(OC)cc5)ccc(C#Cc5ccc(OC)cc5)c4CN1C(=O)N1Cc4c(C#Cc5ccc(OC)cc5)ccc(C#Cc5ccc(OC)cc5)c4CN(C3=O)[C@]12C(=O)OCC. The highest BCUT2D eigenvalue weighted by Gasteiger charge is 2.87. The van der Waals surface area contributed by atoms with Gasteiger partial charge in [-0.05, 0) is 157 Å². The molecule has 0 saturated carbocycles. The summed E-state index contributed by atoms with van der Waals surface area (Å²) in [6.45, 7) is 1.78. The van der Waals surface area contributed by atoms with Crippen molar-refractivity contribution in [3.8, 4) is 70.4 Å². The summed E-state index contributed by atoms with van der Waals surface area (Å²) in [5, 5.41) is 0. The van der Waals surface area contributed by atoms with E-state index < -0.39 is 35.3 Å². The second-order valence-corrected chi connectivity index (χ2v) is 17.8. The van der Waals surface area contributed by atoms with E-state index in [1.54, 1.807) is 90.8 Å². The van der Waals surface area contributed by atoms with Crippen LogP contribution in [0.5, 0.6) is 23.0 Å². The third-order valence-corrected chi connectivity index (χ3v) is 13.9. The Labute approximate surface area is 441 Å². The van der Waals surface area contributed by atoms with E-state index in [4.69, 9.17) is 28.4 Å². The highest BCUT2D eigenvalue weighted by Crippen LogP contribution is 2.58. The lowest BCUT2D eigenvalue weighted by Gasteiger charge is -2.44. The van der Waals surface area contributed by atoms with Crippen LogP contribution in [0.2, 0.25) is 0 Å². The Kier molecular flexibility index (Phi) is 13.5. The maximum absolute atomic E-state index is 16.1. The number of carbonyl (C=O) groups excluding carboxylic acids is 4. The average molecular weight is 1010 g/mol. The molecule has 0 bridgehead atoms. The van der Waals surface area contributed by atoms with Gasteiger partial charge in [-0.1, -0.05) is 47.4 Å². The monoisotopic (exact) mass is 1010 g/mol. The predicted octanol–water partition coefficient (Wildman–Crippen LogP) is 8.04. The van der Waals surface area contributed by atoms with Gasteiger partial charge in [0.15, 0.2) is 0 Å². The molecule has 10 rings (SSSR count). The fourth-order valence-corrected chi connectivity index (χ4v) is 10.3. The smallest absolute Gasteiger partial charge is 0.358 e. The third-order valence-electron chi connectivity index (χ3n) is 13.9. The lowest BCUT2D eigenvalue weighted by molar-refractivity contribution is -0.191. The van der Waals surface area contributed by atoms with E-state index in [1.807, 2.05) is 72.8 Å². The molecule has 14 nitrogen and oxygen atoms in total. The number of esters is 2. The maximum Gasteiger partial charge on any atom is 0.358 e. The molecule has 4 aliphatic rings. The fraction of sp³-hybridized carbons (Fsp3) is 0.226. The van der Waals surface area contributed by atoms with Crippen LogP contribution < -0.4 is 18.9 Å². The molecule has 0 N–H and O–H groups in total. The van der Waals surface area contributed by atoms with Gasteiger partial charge in [-0.2, -0.15) is 0 Å². The highest BCUT2D eigenvalue weighted by molar-refractivity contribution is 6.10. The zero-order chi connectivity index (χ0) is 53.1. The van der Waals surface area contributed by atoms with Crippen molar-refractivity contribution in [3.63, 3.8) is 0 Å². The van der Waals surface area contributed by atoms with E-state index in [1.165, 1.54) is 19.6 Å². The van der Waals surface area contributed by atoms with Crippen LogP contribution in [0.1, 0.15) is 80.6 Å². The largest absolute Gasteiger partial charge is 0.497 e.